The number of benzene rings is 3. The van der Waals surface area contributed by atoms with Crippen LogP contribution in [-0.2, 0) is 16.4 Å². The topological polar surface area (TPSA) is 29.1 Å². The van der Waals surface area contributed by atoms with E-state index in [1.807, 2.05) is 60.7 Å². The number of rotatable bonds is 4. The van der Waals surface area contributed by atoms with Crippen LogP contribution in [0.15, 0.2) is 84.9 Å². The second-order valence-corrected chi connectivity index (χ2v) is 6.99. The molecule has 0 unspecified atom stereocenters. The lowest BCUT2D eigenvalue weighted by Crippen LogP contribution is -2.23. The lowest BCUT2D eigenvalue weighted by molar-refractivity contribution is -0.137. The van der Waals surface area contributed by atoms with Crippen molar-refractivity contribution < 1.29 is 18.0 Å². The number of carbonyl (C=O) groups excluding carboxylic acids is 1. The largest absolute Gasteiger partial charge is 0.418 e. The normalized spacial score (nSPS) is 17.8. The Hall–Kier alpha value is -3.08. The smallest absolute Gasteiger partial charge is 0.325 e. The highest BCUT2D eigenvalue weighted by atomic mass is 19.4. The zero-order chi connectivity index (χ0) is 19.8. The third-order valence-electron chi connectivity index (χ3n) is 5.35. The summed E-state index contributed by atoms with van der Waals surface area (Å²) in [5.74, 6) is -0.831. The minimum absolute atomic E-state index is 0.207. The van der Waals surface area contributed by atoms with Gasteiger partial charge in [-0.3, -0.25) is 4.79 Å². The van der Waals surface area contributed by atoms with Gasteiger partial charge < -0.3 is 5.32 Å². The third kappa shape index (κ3) is 3.17. The van der Waals surface area contributed by atoms with Crippen molar-refractivity contribution in [2.75, 3.05) is 5.32 Å². The number of amides is 1. The molecule has 1 aliphatic rings. The zero-order valence-electron chi connectivity index (χ0n) is 14.9. The van der Waals surface area contributed by atoms with E-state index in [0.29, 0.717) is 6.42 Å². The van der Waals surface area contributed by atoms with Gasteiger partial charge in [0.05, 0.1) is 17.2 Å². The van der Waals surface area contributed by atoms with Gasteiger partial charge in [-0.1, -0.05) is 72.8 Å². The SMILES string of the molecule is O=C(Nc1ccccc1C(F)(F)F)[C@H]1CC1(c1ccccc1)c1ccccc1. The molecule has 1 atom stereocenters. The summed E-state index contributed by atoms with van der Waals surface area (Å²) < 4.78 is 39.7. The van der Waals surface area contributed by atoms with Gasteiger partial charge in [-0.05, 0) is 29.7 Å². The predicted molar refractivity (Wildman–Crippen MR) is 102 cm³/mol. The van der Waals surface area contributed by atoms with Crippen molar-refractivity contribution in [1.29, 1.82) is 0 Å². The van der Waals surface area contributed by atoms with Gasteiger partial charge in [-0.25, -0.2) is 0 Å². The second kappa shape index (κ2) is 6.82. The van der Waals surface area contributed by atoms with Gasteiger partial charge >= 0.3 is 6.18 Å². The number of hydrogen-bond donors (Lipinski definition) is 1. The number of hydrogen-bond acceptors (Lipinski definition) is 1. The molecule has 1 N–H and O–H groups in total. The van der Waals surface area contributed by atoms with Crippen LogP contribution in [0.5, 0.6) is 0 Å². The Balaban J connectivity index is 1.66. The first-order chi connectivity index (χ1) is 13.4. The summed E-state index contributed by atoms with van der Waals surface area (Å²) in [5, 5.41) is 2.51. The van der Waals surface area contributed by atoms with Crippen molar-refractivity contribution in [3.63, 3.8) is 0 Å². The van der Waals surface area contributed by atoms with Gasteiger partial charge in [0.1, 0.15) is 0 Å². The minimum atomic E-state index is -4.52. The molecule has 0 radical (unpaired) electrons. The Morgan fingerprint density at radius 3 is 1.86 bits per heavy atom. The molecule has 4 rings (SSSR count). The van der Waals surface area contributed by atoms with Crippen molar-refractivity contribution in [2.45, 2.75) is 18.0 Å². The molecule has 1 saturated carbocycles. The molecule has 0 spiro atoms. The van der Waals surface area contributed by atoms with Crippen LogP contribution in [0.25, 0.3) is 0 Å². The van der Waals surface area contributed by atoms with Crippen molar-refractivity contribution in [3.05, 3.63) is 102 Å². The predicted octanol–water partition coefficient (Wildman–Crippen LogP) is 5.65. The summed E-state index contributed by atoms with van der Waals surface area (Å²) >= 11 is 0. The molecule has 1 amide bonds. The van der Waals surface area contributed by atoms with Crippen LogP contribution in [0.2, 0.25) is 0 Å². The highest BCUT2D eigenvalue weighted by molar-refractivity contribution is 5.97. The maximum Gasteiger partial charge on any atom is 0.418 e. The van der Waals surface area contributed by atoms with Crippen LogP contribution in [-0.4, -0.2) is 5.91 Å². The Labute approximate surface area is 161 Å². The molecule has 3 aromatic rings. The monoisotopic (exact) mass is 381 g/mol. The van der Waals surface area contributed by atoms with E-state index in [4.69, 9.17) is 0 Å². The van der Waals surface area contributed by atoms with E-state index in [2.05, 4.69) is 5.32 Å². The molecule has 142 valence electrons. The van der Waals surface area contributed by atoms with Crippen LogP contribution in [0, 0.1) is 5.92 Å². The van der Waals surface area contributed by atoms with E-state index in [9.17, 15) is 18.0 Å². The lowest BCUT2D eigenvalue weighted by atomic mass is 9.85. The highest BCUT2D eigenvalue weighted by Gasteiger charge is 2.60. The molecule has 0 saturated heterocycles. The summed E-state index contributed by atoms with van der Waals surface area (Å²) in [6.07, 6.45) is -3.97. The lowest BCUT2D eigenvalue weighted by Gasteiger charge is -2.19. The van der Waals surface area contributed by atoms with Crippen LogP contribution in [0.3, 0.4) is 0 Å². The standard InChI is InChI=1S/C23H18F3NO/c24-23(25,26)18-13-7-8-14-20(18)27-21(28)19-15-22(19,16-9-3-1-4-10-16)17-11-5-2-6-12-17/h1-14,19H,15H2,(H,27,28)/t19-/m1/s1. The van der Waals surface area contributed by atoms with E-state index in [0.717, 1.165) is 17.2 Å². The Bertz CT molecular complexity index is 944. The Morgan fingerprint density at radius 1 is 0.821 bits per heavy atom. The van der Waals surface area contributed by atoms with Crippen molar-refractivity contribution >= 4 is 11.6 Å². The number of carbonyl (C=O) groups is 1. The summed E-state index contributed by atoms with van der Waals surface area (Å²) in [7, 11) is 0. The molecule has 1 fully saturated rings. The number of nitrogens with one attached hydrogen (secondary N) is 1. The van der Waals surface area contributed by atoms with E-state index < -0.39 is 29.0 Å². The molecule has 5 heteroatoms. The van der Waals surface area contributed by atoms with Gasteiger partial charge in [-0.15, -0.1) is 0 Å². The molecule has 0 heterocycles. The fourth-order valence-electron chi connectivity index (χ4n) is 3.91. The first kappa shape index (κ1) is 18.3. The van der Waals surface area contributed by atoms with Gasteiger partial charge in [0.15, 0.2) is 0 Å². The van der Waals surface area contributed by atoms with Crippen molar-refractivity contribution in [3.8, 4) is 0 Å². The highest BCUT2D eigenvalue weighted by Crippen LogP contribution is 2.59. The maximum absolute atomic E-state index is 13.2. The molecule has 28 heavy (non-hydrogen) atoms. The number of anilines is 1. The van der Waals surface area contributed by atoms with Crippen molar-refractivity contribution in [1.82, 2.24) is 0 Å². The molecular weight excluding hydrogens is 363 g/mol. The van der Waals surface area contributed by atoms with Gasteiger partial charge in [0, 0.05) is 5.41 Å². The Morgan fingerprint density at radius 2 is 1.32 bits per heavy atom. The molecule has 2 nitrogen and oxygen atoms in total. The quantitative estimate of drug-likeness (QED) is 0.622. The third-order valence-corrected chi connectivity index (χ3v) is 5.35. The van der Waals surface area contributed by atoms with Crippen LogP contribution >= 0.6 is 0 Å². The van der Waals surface area contributed by atoms with Crippen LogP contribution in [0.4, 0.5) is 18.9 Å². The first-order valence-corrected chi connectivity index (χ1v) is 9.01. The summed E-state index contributed by atoms with van der Waals surface area (Å²) in [5.41, 5.74) is 0.423. The van der Waals surface area contributed by atoms with Crippen molar-refractivity contribution in [2.24, 2.45) is 5.92 Å². The number of para-hydroxylation sites is 1. The summed E-state index contributed by atoms with van der Waals surface area (Å²) in [6, 6.07) is 24.4. The average Bonchev–Trinajstić information content (AvgIpc) is 3.46. The van der Waals surface area contributed by atoms with E-state index in [1.54, 1.807) is 0 Å². The molecule has 0 aromatic heterocycles. The molecule has 3 aromatic carbocycles. The summed E-state index contributed by atoms with van der Waals surface area (Å²) in [4.78, 5) is 12.9. The fraction of sp³-hybridized carbons (Fsp3) is 0.174. The zero-order valence-corrected chi connectivity index (χ0v) is 14.9. The first-order valence-electron chi connectivity index (χ1n) is 9.01. The van der Waals surface area contributed by atoms with Gasteiger partial charge in [-0.2, -0.15) is 13.2 Å². The van der Waals surface area contributed by atoms with Crippen LogP contribution < -0.4 is 5.32 Å². The average molecular weight is 381 g/mol. The van der Waals surface area contributed by atoms with Crippen LogP contribution in [0.1, 0.15) is 23.1 Å². The molecular formula is C23H18F3NO. The van der Waals surface area contributed by atoms with E-state index in [-0.39, 0.29) is 5.69 Å². The summed E-state index contributed by atoms with van der Waals surface area (Å²) in [6.45, 7) is 0. The number of halogens is 3. The second-order valence-electron chi connectivity index (χ2n) is 6.99. The fourth-order valence-corrected chi connectivity index (χ4v) is 3.91. The van der Waals surface area contributed by atoms with E-state index >= 15 is 0 Å². The molecule has 1 aliphatic carbocycles. The molecule has 0 aliphatic heterocycles. The van der Waals surface area contributed by atoms with Gasteiger partial charge in [0.25, 0.3) is 0 Å². The van der Waals surface area contributed by atoms with E-state index in [1.165, 1.54) is 18.2 Å². The minimum Gasteiger partial charge on any atom is -0.325 e. The Kier molecular flexibility index (Phi) is 4.46. The maximum atomic E-state index is 13.2. The molecule has 0 bridgehead atoms. The number of alkyl halides is 3. The van der Waals surface area contributed by atoms with Gasteiger partial charge in [0.2, 0.25) is 5.91 Å².